The molecule has 0 aromatic carbocycles. The zero-order chi connectivity index (χ0) is 15.1. The largest absolute Gasteiger partial charge is 0.352 e. The molecule has 0 fully saturated rings. The smallest absolute Gasteiger partial charge is 0.227 e. The topological polar surface area (TPSA) is 45.2 Å². The van der Waals surface area contributed by atoms with Gasteiger partial charge in [-0.3, -0.25) is 4.79 Å². The van der Waals surface area contributed by atoms with E-state index in [1.54, 1.807) is 0 Å². The number of carbonyl (C=O) groups excluding carboxylic acids is 1. The SMILES string of the molecule is CC(C)CC(CN(C)C)NC(=O)Cc1nc(CCl)cs1. The van der Waals surface area contributed by atoms with E-state index < -0.39 is 0 Å². The van der Waals surface area contributed by atoms with Crippen LogP contribution in [0.2, 0.25) is 0 Å². The number of nitrogens with one attached hydrogen (secondary N) is 1. The Bertz CT molecular complexity index is 410. The number of carbonyl (C=O) groups is 1. The lowest BCUT2D eigenvalue weighted by Crippen LogP contribution is -2.43. The van der Waals surface area contributed by atoms with Crippen LogP contribution in [0, 0.1) is 5.92 Å². The van der Waals surface area contributed by atoms with E-state index in [9.17, 15) is 4.79 Å². The number of nitrogens with zero attached hydrogens (tertiary/aromatic N) is 2. The third-order valence-corrected chi connectivity index (χ3v) is 3.93. The van der Waals surface area contributed by atoms with Crippen LogP contribution in [0.5, 0.6) is 0 Å². The Morgan fingerprint density at radius 3 is 2.70 bits per heavy atom. The van der Waals surface area contributed by atoms with Crippen LogP contribution in [0.3, 0.4) is 0 Å². The van der Waals surface area contributed by atoms with Crippen LogP contribution < -0.4 is 5.32 Å². The Hall–Kier alpha value is -0.650. The van der Waals surface area contributed by atoms with Crippen LogP contribution in [-0.2, 0) is 17.1 Å². The molecule has 4 nitrogen and oxygen atoms in total. The van der Waals surface area contributed by atoms with E-state index >= 15 is 0 Å². The fourth-order valence-corrected chi connectivity index (χ4v) is 3.12. The Kier molecular flexibility index (Phi) is 7.48. The maximum Gasteiger partial charge on any atom is 0.227 e. The van der Waals surface area contributed by atoms with Crippen LogP contribution in [0.15, 0.2) is 5.38 Å². The molecule has 0 radical (unpaired) electrons. The highest BCUT2D eigenvalue weighted by molar-refractivity contribution is 7.09. The van der Waals surface area contributed by atoms with Crippen molar-refractivity contribution in [1.82, 2.24) is 15.2 Å². The van der Waals surface area contributed by atoms with Gasteiger partial charge in [-0.2, -0.15) is 0 Å². The average molecular weight is 318 g/mol. The lowest BCUT2D eigenvalue weighted by Gasteiger charge is -2.23. The summed E-state index contributed by atoms with van der Waals surface area (Å²) in [5, 5.41) is 5.84. The average Bonchev–Trinajstić information content (AvgIpc) is 2.74. The molecule has 1 unspecified atom stereocenters. The highest BCUT2D eigenvalue weighted by atomic mass is 35.5. The second-order valence-corrected chi connectivity index (χ2v) is 6.91. The monoisotopic (exact) mass is 317 g/mol. The van der Waals surface area contributed by atoms with Crippen molar-refractivity contribution >= 4 is 28.8 Å². The van der Waals surface area contributed by atoms with Crippen molar-refractivity contribution in [3.05, 3.63) is 16.1 Å². The summed E-state index contributed by atoms with van der Waals surface area (Å²) in [6.07, 6.45) is 1.32. The quantitative estimate of drug-likeness (QED) is 0.749. The zero-order valence-corrected chi connectivity index (χ0v) is 14.2. The lowest BCUT2D eigenvalue weighted by molar-refractivity contribution is -0.121. The molecule has 6 heteroatoms. The van der Waals surface area contributed by atoms with Gasteiger partial charge in [0.15, 0.2) is 0 Å². The van der Waals surface area contributed by atoms with Crippen LogP contribution in [-0.4, -0.2) is 42.5 Å². The van der Waals surface area contributed by atoms with Gasteiger partial charge in [-0.1, -0.05) is 13.8 Å². The molecule has 1 heterocycles. The van der Waals surface area contributed by atoms with Gasteiger partial charge in [0.2, 0.25) is 5.91 Å². The molecule has 0 aliphatic rings. The second-order valence-electron chi connectivity index (χ2n) is 5.70. The standard InChI is InChI=1S/C14H24ClN3OS/c1-10(2)5-11(8-18(3)4)16-13(19)6-14-17-12(7-15)9-20-14/h9-11H,5-8H2,1-4H3,(H,16,19). The van der Waals surface area contributed by atoms with Gasteiger partial charge in [0.05, 0.1) is 18.0 Å². The molecule has 1 aromatic rings. The number of thiazole rings is 1. The molecule has 1 atom stereocenters. The minimum Gasteiger partial charge on any atom is -0.352 e. The summed E-state index contributed by atoms with van der Waals surface area (Å²) >= 11 is 7.20. The van der Waals surface area contributed by atoms with Gasteiger partial charge in [-0.15, -0.1) is 22.9 Å². The van der Waals surface area contributed by atoms with Crippen molar-refractivity contribution in [3.8, 4) is 0 Å². The Labute approximate surface area is 130 Å². The molecule has 0 spiro atoms. The highest BCUT2D eigenvalue weighted by Gasteiger charge is 2.16. The first-order chi connectivity index (χ1) is 9.40. The number of hydrogen-bond acceptors (Lipinski definition) is 4. The van der Waals surface area contributed by atoms with Gasteiger partial charge in [0, 0.05) is 18.0 Å². The van der Waals surface area contributed by atoms with Crippen molar-refractivity contribution in [2.24, 2.45) is 5.92 Å². The molecule has 1 aromatic heterocycles. The van der Waals surface area contributed by atoms with Gasteiger partial charge in [-0.05, 0) is 26.4 Å². The maximum absolute atomic E-state index is 12.1. The van der Waals surface area contributed by atoms with Crippen molar-refractivity contribution in [3.63, 3.8) is 0 Å². The number of aromatic nitrogens is 1. The third kappa shape index (κ3) is 6.68. The fourth-order valence-electron chi connectivity index (χ4n) is 2.10. The van der Waals surface area contributed by atoms with Crippen LogP contribution in [0.4, 0.5) is 0 Å². The van der Waals surface area contributed by atoms with E-state index in [4.69, 9.17) is 11.6 Å². The first-order valence-electron chi connectivity index (χ1n) is 6.84. The fraction of sp³-hybridized carbons (Fsp3) is 0.714. The van der Waals surface area contributed by atoms with Crippen molar-refractivity contribution in [2.75, 3.05) is 20.6 Å². The molecular formula is C14H24ClN3OS. The minimum atomic E-state index is 0.0352. The Balaban J connectivity index is 2.51. The molecule has 114 valence electrons. The van der Waals surface area contributed by atoms with Crippen molar-refractivity contribution < 1.29 is 4.79 Å². The van der Waals surface area contributed by atoms with E-state index in [0.29, 0.717) is 18.2 Å². The summed E-state index contributed by atoms with van der Waals surface area (Å²) in [5.41, 5.74) is 0.839. The van der Waals surface area contributed by atoms with Crippen LogP contribution >= 0.6 is 22.9 Å². The molecule has 0 bridgehead atoms. The normalized spacial score (nSPS) is 12.9. The number of alkyl halides is 1. The van der Waals surface area contributed by atoms with Crippen molar-refractivity contribution in [1.29, 1.82) is 0 Å². The minimum absolute atomic E-state index is 0.0352. The molecule has 0 saturated heterocycles. The summed E-state index contributed by atoms with van der Waals surface area (Å²) in [6, 6.07) is 0.185. The number of hydrogen-bond donors (Lipinski definition) is 1. The Morgan fingerprint density at radius 2 is 2.20 bits per heavy atom. The highest BCUT2D eigenvalue weighted by Crippen LogP contribution is 2.12. The molecule has 20 heavy (non-hydrogen) atoms. The Morgan fingerprint density at radius 1 is 1.50 bits per heavy atom. The maximum atomic E-state index is 12.1. The molecule has 1 rings (SSSR count). The molecular weight excluding hydrogens is 294 g/mol. The van der Waals surface area contributed by atoms with E-state index in [2.05, 4.69) is 29.0 Å². The van der Waals surface area contributed by atoms with Gasteiger partial charge in [0.1, 0.15) is 5.01 Å². The van der Waals surface area contributed by atoms with Gasteiger partial charge in [-0.25, -0.2) is 4.98 Å². The van der Waals surface area contributed by atoms with Crippen LogP contribution in [0.25, 0.3) is 0 Å². The van der Waals surface area contributed by atoms with E-state index in [0.717, 1.165) is 23.7 Å². The third-order valence-electron chi connectivity index (χ3n) is 2.75. The lowest BCUT2D eigenvalue weighted by atomic mass is 10.0. The predicted octanol–water partition coefficient (Wildman–Crippen LogP) is 2.52. The van der Waals surface area contributed by atoms with Crippen LogP contribution in [0.1, 0.15) is 31.0 Å². The summed E-state index contributed by atoms with van der Waals surface area (Å²) in [4.78, 5) is 18.5. The first-order valence-corrected chi connectivity index (χ1v) is 8.25. The van der Waals surface area contributed by atoms with E-state index in [-0.39, 0.29) is 11.9 Å². The van der Waals surface area contributed by atoms with Gasteiger partial charge >= 0.3 is 0 Å². The summed E-state index contributed by atoms with van der Waals surface area (Å²) in [6.45, 7) is 5.19. The van der Waals surface area contributed by atoms with Crippen molar-refractivity contribution in [2.45, 2.75) is 38.6 Å². The summed E-state index contributed by atoms with van der Waals surface area (Å²) in [7, 11) is 4.04. The van der Waals surface area contributed by atoms with E-state index in [1.807, 2.05) is 19.5 Å². The second kappa shape index (κ2) is 8.60. The molecule has 1 amide bonds. The molecule has 0 aliphatic heterocycles. The first kappa shape index (κ1) is 17.4. The van der Waals surface area contributed by atoms with E-state index in [1.165, 1.54) is 11.3 Å². The zero-order valence-electron chi connectivity index (χ0n) is 12.6. The van der Waals surface area contributed by atoms with Gasteiger partial charge < -0.3 is 10.2 Å². The summed E-state index contributed by atoms with van der Waals surface area (Å²) < 4.78 is 0. The van der Waals surface area contributed by atoms with Gasteiger partial charge in [0.25, 0.3) is 0 Å². The molecule has 1 N–H and O–H groups in total. The number of amides is 1. The molecule has 0 aliphatic carbocycles. The predicted molar refractivity (Wildman–Crippen MR) is 85.3 cm³/mol. The molecule has 0 saturated carbocycles. The number of likely N-dealkylation sites (N-methyl/N-ethyl adjacent to an activating group) is 1. The summed E-state index contributed by atoms with van der Waals surface area (Å²) in [5.74, 6) is 0.991. The number of rotatable bonds is 8. The number of halogens is 1.